The standard InChI is InChI=1S/C12H15N3O3S/c1-4-15-7-13-14-12(15)19-8(2)9-5-6-10(18-9)11(16)17-3/h5-8H,4H2,1-3H3. The molecule has 0 spiro atoms. The van der Waals surface area contributed by atoms with Gasteiger partial charge >= 0.3 is 5.97 Å². The first kappa shape index (κ1) is 13.7. The largest absolute Gasteiger partial charge is 0.463 e. The van der Waals surface area contributed by atoms with Gasteiger partial charge in [0.1, 0.15) is 12.1 Å². The van der Waals surface area contributed by atoms with Gasteiger partial charge in [-0.2, -0.15) is 0 Å². The third-order valence-corrected chi connectivity index (χ3v) is 3.73. The van der Waals surface area contributed by atoms with Crippen LogP contribution in [0.1, 0.15) is 35.4 Å². The molecule has 19 heavy (non-hydrogen) atoms. The maximum absolute atomic E-state index is 11.3. The Balaban J connectivity index is 2.09. The lowest BCUT2D eigenvalue weighted by atomic mass is 10.3. The second-order valence-electron chi connectivity index (χ2n) is 3.85. The number of nitrogens with zero attached hydrogens (tertiary/aromatic N) is 3. The lowest BCUT2D eigenvalue weighted by molar-refractivity contribution is 0.0563. The second-order valence-corrected chi connectivity index (χ2v) is 5.16. The van der Waals surface area contributed by atoms with Crippen molar-refractivity contribution >= 4 is 17.7 Å². The number of ether oxygens (including phenoxy) is 1. The van der Waals surface area contributed by atoms with Gasteiger partial charge in [0.05, 0.1) is 12.4 Å². The van der Waals surface area contributed by atoms with Gasteiger partial charge in [0, 0.05) is 6.54 Å². The Labute approximate surface area is 115 Å². The summed E-state index contributed by atoms with van der Waals surface area (Å²) in [4.78, 5) is 11.3. The third kappa shape index (κ3) is 2.98. The van der Waals surface area contributed by atoms with Crippen molar-refractivity contribution in [1.29, 1.82) is 0 Å². The Morgan fingerprint density at radius 2 is 2.37 bits per heavy atom. The molecule has 0 saturated heterocycles. The number of furan rings is 1. The smallest absolute Gasteiger partial charge is 0.373 e. The molecule has 0 amide bonds. The summed E-state index contributed by atoms with van der Waals surface area (Å²) in [7, 11) is 1.33. The van der Waals surface area contributed by atoms with Gasteiger partial charge in [-0.25, -0.2) is 4.79 Å². The van der Waals surface area contributed by atoms with Crippen LogP contribution in [0.3, 0.4) is 0 Å². The van der Waals surface area contributed by atoms with E-state index in [1.54, 1.807) is 18.5 Å². The number of hydrogen-bond donors (Lipinski definition) is 0. The predicted molar refractivity (Wildman–Crippen MR) is 70.0 cm³/mol. The topological polar surface area (TPSA) is 70.2 Å². The summed E-state index contributed by atoms with van der Waals surface area (Å²) in [6.07, 6.45) is 1.69. The van der Waals surface area contributed by atoms with Crippen molar-refractivity contribution < 1.29 is 13.9 Å². The molecule has 0 radical (unpaired) electrons. The number of thioether (sulfide) groups is 1. The lowest BCUT2D eigenvalue weighted by Gasteiger charge is -2.08. The zero-order chi connectivity index (χ0) is 13.8. The third-order valence-electron chi connectivity index (χ3n) is 2.62. The fourth-order valence-electron chi connectivity index (χ4n) is 1.55. The molecule has 2 aromatic rings. The van der Waals surface area contributed by atoms with Crippen LogP contribution in [0.2, 0.25) is 0 Å². The van der Waals surface area contributed by atoms with Gasteiger partial charge in [0.15, 0.2) is 5.16 Å². The van der Waals surface area contributed by atoms with E-state index in [1.807, 2.05) is 18.4 Å². The van der Waals surface area contributed by atoms with Crippen LogP contribution in [0.4, 0.5) is 0 Å². The van der Waals surface area contributed by atoms with Gasteiger partial charge in [0.2, 0.25) is 5.76 Å². The van der Waals surface area contributed by atoms with Crippen LogP contribution in [0.5, 0.6) is 0 Å². The van der Waals surface area contributed by atoms with Gasteiger partial charge in [-0.1, -0.05) is 11.8 Å². The molecule has 2 aromatic heterocycles. The summed E-state index contributed by atoms with van der Waals surface area (Å²) in [5.74, 6) is 0.443. The normalized spacial score (nSPS) is 12.4. The van der Waals surface area contributed by atoms with Crippen LogP contribution < -0.4 is 0 Å². The van der Waals surface area contributed by atoms with E-state index < -0.39 is 5.97 Å². The number of aryl methyl sites for hydroxylation is 1. The first-order valence-corrected chi connectivity index (χ1v) is 6.76. The van der Waals surface area contributed by atoms with Crippen molar-refractivity contribution in [2.45, 2.75) is 30.8 Å². The number of carbonyl (C=O) groups excluding carboxylic acids is 1. The van der Waals surface area contributed by atoms with Crippen LogP contribution in [-0.2, 0) is 11.3 Å². The number of esters is 1. The summed E-state index contributed by atoms with van der Waals surface area (Å²) in [5, 5.41) is 8.79. The van der Waals surface area contributed by atoms with Gasteiger partial charge in [-0.3, -0.25) is 0 Å². The van der Waals surface area contributed by atoms with Crippen molar-refractivity contribution in [2.75, 3.05) is 7.11 Å². The Morgan fingerprint density at radius 1 is 1.58 bits per heavy atom. The summed E-state index contributed by atoms with van der Waals surface area (Å²) in [5.41, 5.74) is 0. The fourth-order valence-corrected chi connectivity index (χ4v) is 2.52. The van der Waals surface area contributed by atoms with Crippen LogP contribution >= 0.6 is 11.8 Å². The highest BCUT2D eigenvalue weighted by Gasteiger charge is 2.18. The van der Waals surface area contributed by atoms with Gasteiger partial charge in [0.25, 0.3) is 0 Å². The van der Waals surface area contributed by atoms with E-state index in [2.05, 4.69) is 14.9 Å². The highest BCUT2D eigenvalue weighted by atomic mass is 32.2. The zero-order valence-corrected chi connectivity index (χ0v) is 11.8. The molecule has 102 valence electrons. The van der Waals surface area contributed by atoms with Crippen molar-refractivity contribution in [2.24, 2.45) is 0 Å². The molecule has 6 nitrogen and oxygen atoms in total. The Morgan fingerprint density at radius 3 is 3.05 bits per heavy atom. The molecular weight excluding hydrogens is 266 g/mol. The van der Waals surface area contributed by atoms with Crippen molar-refractivity contribution in [3.05, 3.63) is 30.0 Å². The minimum absolute atomic E-state index is 0.0351. The van der Waals surface area contributed by atoms with Crippen LogP contribution in [0.25, 0.3) is 0 Å². The Kier molecular flexibility index (Phi) is 4.26. The molecule has 0 bridgehead atoms. The SMILES string of the molecule is CCn1cnnc1SC(C)c1ccc(C(=O)OC)o1. The molecule has 0 fully saturated rings. The summed E-state index contributed by atoms with van der Waals surface area (Å²) >= 11 is 1.53. The summed E-state index contributed by atoms with van der Waals surface area (Å²) in [6, 6.07) is 3.39. The van der Waals surface area contributed by atoms with E-state index in [0.717, 1.165) is 11.7 Å². The van der Waals surface area contributed by atoms with Crippen LogP contribution in [0, 0.1) is 0 Å². The molecular formula is C12H15N3O3S. The highest BCUT2D eigenvalue weighted by molar-refractivity contribution is 7.99. The molecule has 0 N–H and O–H groups in total. The molecule has 2 heterocycles. The van der Waals surface area contributed by atoms with E-state index in [4.69, 9.17) is 4.42 Å². The maximum Gasteiger partial charge on any atom is 0.373 e. The van der Waals surface area contributed by atoms with Crippen molar-refractivity contribution in [1.82, 2.24) is 14.8 Å². The van der Waals surface area contributed by atoms with E-state index in [1.165, 1.54) is 18.9 Å². The molecule has 0 aromatic carbocycles. The molecule has 1 unspecified atom stereocenters. The van der Waals surface area contributed by atoms with Crippen molar-refractivity contribution in [3.63, 3.8) is 0 Å². The molecule has 0 aliphatic heterocycles. The summed E-state index contributed by atoms with van der Waals surface area (Å²) < 4.78 is 12.0. The Bertz CT molecular complexity index is 564. The zero-order valence-electron chi connectivity index (χ0n) is 11.0. The van der Waals surface area contributed by atoms with Gasteiger partial charge in [-0.15, -0.1) is 10.2 Å². The Hall–Kier alpha value is -1.76. The van der Waals surface area contributed by atoms with Crippen LogP contribution in [0.15, 0.2) is 28.0 Å². The monoisotopic (exact) mass is 281 g/mol. The average Bonchev–Trinajstić information content (AvgIpc) is 3.06. The number of hydrogen-bond acceptors (Lipinski definition) is 6. The first-order valence-electron chi connectivity index (χ1n) is 5.88. The quantitative estimate of drug-likeness (QED) is 0.619. The maximum atomic E-state index is 11.3. The molecule has 0 aliphatic carbocycles. The lowest BCUT2D eigenvalue weighted by Crippen LogP contribution is -1.99. The van der Waals surface area contributed by atoms with E-state index >= 15 is 0 Å². The first-order chi connectivity index (χ1) is 9.15. The molecule has 2 rings (SSSR count). The number of rotatable bonds is 5. The second kappa shape index (κ2) is 5.92. The molecule has 0 saturated carbocycles. The number of carbonyl (C=O) groups is 1. The van der Waals surface area contributed by atoms with E-state index in [9.17, 15) is 4.79 Å². The minimum Gasteiger partial charge on any atom is -0.463 e. The summed E-state index contributed by atoms with van der Waals surface area (Å²) in [6.45, 7) is 4.83. The number of methoxy groups -OCH3 is 1. The predicted octanol–water partition coefficient (Wildman–Crippen LogP) is 2.53. The average molecular weight is 281 g/mol. The van der Waals surface area contributed by atoms with Crippen LogP contribution in [-0.4, -0.2) is 27.8 Å². The molecule has 0 aliphatic rings. The van der Waals surface area contributed by atoms with E-state index in [0.29, 0.717) is 5.76 Å². The highest BCUT2D eigenvalue weighted by Crippen LogP contribution is 2.34. The molecule has 7 heteroatoms. The minimum atomic E-state index is -0.472. The fraction of sp³-hybridized carbons (Fsp3) is 0.417. The number of aromatic nitrogens is 3. The van der Waals surface area contributed by atoms with Crippen molar-refractivity contribution in [3.8, 4) is 0 Å². The van der Waals surface area contributed by atoms with E-state index in [-0.39, 0.29) is 11.0 Å². The van der Waals surface area contributed by atoms with Gasteiger partial charge < -0.3 is 13.7 Å². The van der Waals surface area contributed by atoms with Gasteiger partial charge in [-0.05, 0) is 26.0 Å². The molecule has 1 atom stereocenters.